The highest BCUT2D eigenvalue weighted by Crippen LogP contribution is 2.31. The van der Waals surface area contributed by atoms with Gasteiger partial charge in [0.25, 0.3) is 5.69 Å². The SMILES string of the molecule is CC(C)(C)OC(=O)NCc1c(Oc2ccc([N+](=O)[O-])cc2F)ccnc1N. The van der Waals surface area contributed by atoms with Gasteiger partial charge in [-0.1, -0.05) is 0 Å². The van der Waals surface area contributed by atoms with E-state index < -0.39 is 28.1 Å². The molecule has 2 aromatic rings. The number of aromatic nitrogens is 1. The summed E-state index contributed by atoms with van der Waals surface area (Å²) < 4.78 is 24.7. The second kappa shape index (κ2) is 7.85. The lowest BCUT2D eigenvalue weighted by Gasteiger charge is -2.20. The number of amides is 1. The number of non-ortho nitro benzene ring substituents is 1. The molecule has 10 heteroatoms. The largest absolute Gasteiger partial charge is 0.454 e. The van der Waals surface area contributed by atoms with Crippen molar-refractivity contribution in [2.24, 2.45) is 0 Å². The van der Waals surface area contributed by atoms with Gasteiger partial charge in [-0.15, -0.1) is 0 Å². The number of nitrogen functional groups attached to an aromatic ring is 1. The van der Waals surface area contributed by atoms with Crippen LogP contribution in [0.25, 0.3) is 0 Å². The zero-order chi connectivity index (χ0) is 20.2. The number of alkyl carbamates (subject to hydrolysis) is 1. The quantitative estimate of drug-likeness (QED) is 0.601. The van der Waals surface area contributed by atoms with Gasteiger partial charge >= 0.3 is 6.09 Å². The number of hydrogen-bond acceptors (Lipinski definition) is 7. The van der Waals surface area contributed by atoms with E-state index in [1.807, 2.05) is 0 Å². The molecule has 1 aromatic heterocycles. The number of benzene rings is 1. The van der Waals surface area contributed by atoms with Crippen LogP contribution in [0, 0.1) is 15.9 Å². The molecule has 1 amide bonds. The third-order valence-electron chi connectivity index (χ3n) is 3.20. The van der Waals surface area contributed by atoms with Gasteiger partial charge in [0.1, 0.15) is 17.2 Å². The van der Waals surface area contributed by atoms with E-state index in [2.05, 4.69) is 10.3 Å². The average molecular weight is 378 g/mol. The summed E-state index contributed by atoms with van der Waals surface area (Å²) in [5, 5.41) is 13.2. The standard InChI is InChI=1S/C17H19FN4O5/c1-17(2,3)27-16(23)21-9-11-13(6-7-20-15(11)19)26-14-5-4-10(22(24)25)8-12(14)18/h4-8H,9H2,1-3H3,(H2,19,20)(H,21,23). The number of ether oxygens (including phenoxy) is 2. The highest BCUT2D eigenvalue weighted by molar-refractivity contribution is 5.68. The van der Waals surface area contributed by atoms with Gasteiger partial charge in [0.05, 0.1) is 23.1 Å². The summed E-state index contributed by atoms with van der Waals surface area (Å²) in [5.74, 6) is -0.924. The summed E-state index contributed by atoms with van der Waals surface area (Å²) in [4.78, 5) is 25.7. The number of pyridine rings is 1. The van der Waals surface area contributed by atoms with Crippen molar-refractivity contribution >= 4 is 17.6 Å². The number of anilines is 1. The van der Waals surface area contributed by atoms with Gasteiger partial charge < -0.3 is 20.5 Å². The van der Waals surface area contributed by atoms with Crippen LogP contribution in [0.2, 0.25) is 0 Å². The van der Waals surface area contributed by atoms with Gasteiger partial charge in [0.15, 0.2) is 11.6 Å². The van der Waals surface area contributed by atoms with Crippen LogP contribution in [0.4, 0.5) is 20.7 Å². The highest BCUT2D eigenvalue weighted by atomic mass is 19.1. The van der Waals surface area contributed by atoms with Crippen LogP contribution in [-0.2, 0) is 11.3 Å². The number of rotatable bonds is 5. The van der Waals surface area contributed by atoms with Crippen molar-refractivity contribution in [2.75, 3.05) is 5.73 Å². The van der Waals surface area contributed by atoms with Gasteiger partial charge in [-0.25, -0.2) is 14.2 Å². The van der Waals surface area contributed by atoms with E-state index in [9.17, 15) is 19.3 Å². The van der Waals surface area contributed by atoms with Crippen LogP contribution in [0.15, 0.2) is 30.5 Å². The van der Waals surface area contributed by atoms with Crippen molar-refractivity contribution in [3.8, 4) is 11.5 Å². The first-order chi connectivity index (χ1) is 12.6. The molecule has 0 aliphatic rings. The number of nitrogens with two attached hydrogens (primary N) is 1. The Bertz CT molecular complexity index is 867. The molecule has 0 atom stereocenters. The highest BCUT2D eigenvalue weighted by Gasteiger charge is 2.19. The molecule has 0 aliphatic heterocycles. The summed E-state index contributed by atoms with van der Waals surface area (Å²) in [6.45, 7) is 5.09. The molecule has 1 heterocycles. The molecule has 3 N–H and O–H groups in total. The maximum atomic E-state index is 14.1. The fourth-order valence-electron chi connectivity index (χ4n) is 2.04. The Morgan fingerprint density at radius 3 is 2.63 bits per heavy atom. The van der Waals surface area contributed by atoms with Crippen LogP contribution in [0.3, 0.4) is 0 Å². The molecule has 0 unspecified atom stereocenters. The number of nitrogens with one attached hydrogen (secondary N) is 1. The van der Waals surface area contributed by atoms with E-state index >= 15 is 0 Å². The molecule has 0 radical (unpaired) electrons. The minimum absolute atomic E-state index is 0.0709. The maximum absolute atomic E-state index is 14.1. The number of nitrogens with zero attached hydrogens (tertiary/aromatic N) is 2. The summed E-state index contributed by atoms with van der Waals surface area (Å²) >= 11 is 0. The van der Waals surface area contributed by atoms with Crippen molar-refractivity contribution in [3.63, 3.8) is 0 Å². The van der Waals surface area contributed by atoms with E-state index in [1.54, 1.807) is 20.8 Å². The van der Waals surface area contributed by atoms with Crippen LogP contribution < -0.4 is 15.8 Å². The average Bonchev–Trinajstić information content (AvgIpc) is 2.54. The van der Waals surface area contributed by atoms with E-state index in [0.29, 0.717) is 5.56 Å². The summed E-state index contributed by atoms with van der Waals surface area (Å²) in [6, 6.07) is 4.43. The first kappa shape index (κ1) is 19.9. The number of nitro benzene ring substituents is 1. The summed E-state index contributed by atoms with van der Waals surface area (Å²) in [5.41, 5.74) is 5.05. The van der Waals surface area contributed by atoms with Crippen LogP contribution in [0.1, 0.15) is 26.3 Å². The Hall–Kier alpha value is -3.43. The van der Waals surface area contributed by atoms with Crippen LogP contribution in [-0.4, -0.2) is 21.6 Å². The molecule has 0 fully saturated rings. The molecule has 1 aromatic carbocycles. The predicted octanol–water partition coefficient (Wildman–Crippen LogP) is 3.53. The zero-order valence-electron chi connectivity index (χ0n) is 15.0. The van der Waals surface area contributed by atoms with Gasteiger partial charge in [-0.2, -0.15) is 0 Å². The van der Waals surface area contributed by atoms with Crippen LogP contribution in [0.5, 0.6) is 11.5 Å². The summed E-state index contributed by atoms with van der Waals surface area (Å²) in [7, 11) is 0. The second-order valence-electron chi connectivity index (χ2n) is 6.50. The van der Waals surface area contributed by atoms with Crippen molar-refractivity contribution in [1.29, 1.82) is 0 Å². The monoisotopic (exact) mass is 378 g/mol. The number of nitro groups is 1. The normalized spacial score (nSPS) is 11.0. The topological polar surface area (TPSA) is 130 Å². The van der Waals surface area contributed by atoms with Crippen molar-refractivity contribution in [3.05, 3.63) is 52.0 Å². The first-order valence-corrected chi connectivity index (χ1v) is 7.89. The molecule has 0 saturated heterocycles. The minimum atomic E-state index is -0.911. The maximum Gasteiger partial charge on any atom is 0.407 e. The Morgan fingerprint density at radius 2 is 2.04 bits per heavy atom. The van der Waals surface area contributed by atoms with Crippen molar-refractivity contribution in [2.45, 2.75) is 32.9 Å². The van der Waals surface area contributed by atoms with E-state index in [0.717, 1.165) is 18.2 Å². The molecule has 0 spiro atoms. The van der Waals surface area contributed by atoms with E-state index in [-0.39, 0.29) is 23.9 Å². The summed E-state index contributed by atoms with van der Waals surface area (Å²) in [6.07, 6.45) is 0.684. The molecule has 0 saturated carbocycles. The smallest absolute Gasteiger partial charge is 0.407 e. The minimum Gasteiger partial charge on any atom is -0.454 e. The van der Waals surface area contributed by atoms with Crippen molar-refractivity contribution < 1.29 is 23.6 Å². The van der Waals surface area contributed by atoms with Crippen molar-refractivity contribution in [1.82, 2.24) is 10.3 Å². The zero-order valence-corrected chi connectivity index (χ0v) is 15.0. The molecule has 144 valence electrons. The van der Waals surface area contributed by atoms with Gasteiger partial charge in [0.2, 0.25) is 0 Å². The lowest BCUT2D eigenvalue weighted by atomic mass is 10.2. The molecule has 2 rings (SSSR count). The Labute approximate surface area is 154 Å². The third kappa shape index (κ3) is 5.53. The molecular formula is C17H19FN4O5. The Kier molecular flexibility index (Phi) is 5.78. The number of hydrogen-bond donors (Lipinski definition) is 2. The molecule has 0 bridgehead atoms. The fourth-order valence-corrected chi connectivity index (χ4v) is 2.04. The Balaban J connectivity index is 2.20. The molecule has 0 aliphatic carbocycles. The fraction of sp³-hybridized carbons (Fsp3) is 0.294. The van der Waals surface area contributed by atoms with Gasteiger partial charge in [-0.3, -0.25) is 10.1 Å². The number of halogens is 1. The number of carbonyl (C=O) groups is 1. The lowest BCUT2D eigenvalue weighted by Crippen LogP contribution is -2.32. The second-order valence-corrected chi connectivity index (χ2v) is 6.50. The predicted molar refractivity (Wildman–Crippen MR) is 94.9 cm³/mol. The lowest BCUT2D eigenvalue weighted by molar-refractivity contribution is -0.385. The molecule has 9 nitrogen and oxygen atoms in total. The molecular weight excluding hydrogens is 359 g/mol. The van der Waals surface area contributed by atoms with E-state index in [4.69, 9.17) is 15.2 Å². The molecule has 27 heavy (non-hydrogen) atoms. The van der Waals surface area contributed by atoms with Gasteiger partial charge in [0, 0.05) is 12.3 Å². The first-order valence-electron chi connectivity index (χ1n) is 7.89. The van der Waals surface area contributed by atoms with Crippen LogP contribution >= 0.6 is 0 Å². The van der Waals surface area contributed by atoms with Gasteiger partial charge in [-0.05, 0) is 32.9 Å². The Morgan fingerprint density at radius 1 is 1.33 bits per heavy atom. The number of carbonyl (C=O) groups excluding carboxylic acids is 1. The van der Waals surface area contributed by atoms with E-state index in [1.165, 1.54) is 12.3 Å². The third-order valence-corrected chi connectivity index (χ3v) is 3.20.